The zero-order valence-electron chi connectivity index (χ0n) is 15.0. The second-order valence-electron chi connectivity index (χ2n) is 6.76. The maximum absolute atomic E-state index is 12.4. The Morgan fingerprint density at radius 3 is 2.85 bits per heavy atom. The Hall–Kier alpha value is -2.77. The normalized spacial score (nSPS) is 19.8. The van der Waals surface area contributed by atoms with Gasteiger partial charge < -0.3 is 14.5 Å². The van der Waals surface area contributed by atoms with Crippen LogP contribution in [0.3, 0.4) is 0 Å². The first-order chi connectivity index (χ1) is 12.7. The molecule has 2 aromatic rings. The molecule has 1 N–H and O–H groups in total. The highest BCUT2D eigenvalue weighted by Gasteiger charge is 2.29. The minimum atomic E-state index is -0.120. The third kappa shape index (κ3) is 3.44. The molecule has 1 unspecified atom stereocenters. The van der Waals surface area contributed by atoms with Crippen LogP contribution in [0.25, 0.3) is 0 Å². The van der Waals surface area contributed by atoms with E-state index in [1.165, 1.54) is 12.8 Å². The number of aromatic nitrogens is 3. The Morgan fingerprint density at radius 2 is 2.08 bits per heavy atom. The number of carbonyl (C=O) groups excluding carboxylic acids is 1. The molecule has 4 rings (SSSR count). The van der Waals surface area contributed by atoms with Gasteiger partial charge in [0.05, 0.1) is 12.7 Å². The van der Waals surface area contributed by atoms with Crippen molar-refractivity contribution in [2.24, 2.45) is 7.05 Å². The van der Waals surface area contributed by atoms with Gasteiger partial charge in [0.2, 0.25) is 0 Å². The monoisotopic (exact) mass is 356 g/mol. The summed E-state index contributed by atoms with van der Waals surface area (Å²) in [5.74, 6) is 2.42. The predicted molar refractivity (Wildman–Crippen MR) is 98.5 cm³/mol. The highest BCUT2D eigenvalue weighted by molar-refractivity contribution is 5.88. The van der Waals surface area contributed by atoms with Gasteiger partial charge in [0, 0.05) is 45.4 Å². The average molecular weight is 356 g/mol. The summed E-state index contributed by atoms with van der Waals surface area (Å²) in [7, 11) is 1.80. The first kappa shape index (κ1) is 16.7. The van der Waals surface area contributed by atoms with Gasteiger partial charge in [-0.2, -0.15) is 5.10 Å². The van der Waals surface area contributed by atoms with Gasteiger partial charge in [0.25, 0.3) is 0 Å². The van der Waals surface area contributed by atoms with Gasteiger partial charge in [0.15, 0.2) is 11.6 Å². The number of nitrogens with zero attached hydrogens (tertiary/aromatic N) is 5. The Morgan fingerprint density at radius 1 is 1.23 bits per heavy atom. The second-order valence-corrected chi connectivity index (χ2v) is 6.76. The molecule has 0 aliphatic carbocycles. The van der Waals surface area contributed by atoms with Crippen LogP contribution in [0.5, 0.6) is 5.75 Å². The number of hydrogen-bond acceptors (Lipinski definition) is 5. The molecule has 2 saturated heterocycles. The number of likely N-dealkylation sites (tertiary alicyclic amines) is 1. The van der Waals surface area contributed by atoms with Crippen LogP contribution in [0.15, 0.2) is 30.6 Å². The number of amides is 2. The standard InChI is InChI=1S/C18H24N6O2/c1-22-16(6-9-20-22)21-18(25)24-12-7-14(13-24)26-15-5-4-8-19-17(15)23-10-2-3-11-23/h4-6,8-9,14H,2-3,7,10-13H2,1H3,(H,21,25). The van der Waals surface area contributed by atoms with Crippen molar-refractivity contribution in [3.05, 3.63) is 30.6 Å². The Kier molecular flexibility index (Phi) is 4.64. The average Bonchev–Trinajstić information content (AvgIpc) is 3.39. The molecular weight excluding hydrogens is 332 g/mol. The molecule has 0 aromatic carbocycles. The van der Waals surface area contributed by atoms with Crippen molar-refractivity contribution in [1.82, 2.24) is 19.7 Å². The fourth-order valence-electron chi connectivity index (χ4n) is 3.51. The van der Waals surface area contributed by atoms with E-state index < -0.39 is 0 Å². The van der Waals surface area contributed by atoms with Crippen molar-refractivity contribution in [2.45, 2.75) is 25.4 Å². The van der Waals surface area contributed by atoms with Crippen molar-refractivity contribution < 1.29 is 9.53 Å². The summed E-state index contributed by atoms with van der Waals surface area (Å²) >= 11 is 0. The maximum Gasteiger partial charge on any atom is 0.323 e. The van der Waals surface area contributed by atoms with Gasteiger partial charge in [-0.25, -0.2) is 9.78 Å². The highest BCUT2D eigenvalue weighted by atomic mass is 16.5. The lowest BCUT2D eigenvalue weighted by Gasteiger charge is -2.22. The molecule has 2 aromatic heterocycles. The number of nitrogens with one attached hydrogen (secondary N) is 1. The van der Waals surface area contributed by atoms with Gasteiger partial charge in [-0.05, 0) is 25.0 Å². The van der Waals surface area contributed by atoms with Crippen molar-refractivity contribution in [3.8, 4) is 5.75 Å². The Labute approximate surface area is 152 Å². The van der Waals surface area contributed by atoms with Crippen LogP contribution in [0, 0.1) is 0 Å². The molecule has 0 radical (unpaired) electrons. The van der Waals surface area contributed by atoms with E-state index >= 15 is 0 Å². The van der Waals surface area contributed by atoms with Crippen LogP contribution >= 0.6 is 0 Å². The van der Waals surface area contributed by atoms with Crippen molar-refractivity contribution in [2.75, 3.05) is 36.4 Å². The third-order valence-corrected chi connectivity index (χ3v) is 4.94. The fourth-order valence-corrected chi connectivity index (χ4v) is 3.51. The molecule has 0 saturated carbocycles. The number of rotatable bonds is 4. The lowest BCUT2D eigenvalue weighted by molar-refractivity contribution is 0.194. The van der Waals surface area contributed by atoms with Gasteiger partial charge in [-0.15, -0.1) is 0 Å². The second kappa shape index (κ2) is 7.23. The zero-order valence-corrected chi connectivity index (χ0v) is 15.0. The molecule has 26 heavy (non-hydrogen) atoms. The Bertz CT molecular complexity index is 771. The maximum atomic E-state index is 12.4. The summed E-state index contributed by atoms with van der Waals surface area (Å²) in [5, 5.41) is 6.95. The number of carbonyl (C=O) groups is 1. The smallest absolute Gasteiger partial charge is 0.323 e. The van der Waals surface area contributed by atoms with Gasteiger partial charge in [-0.1, -0.05) is 0 Å². The number of pyridine rings is 1. The topological polar surface area (TPSA) is 75.5 Å². The van der Waals surface area contributed by atoms with Crippen LogP contribution in [-0.2, 0) is 7.05 Å². The molecular formula is C18H24N6O2. The molecule has 8 nitrogen and oxygen atoms in total. The predicted octanol–water partition coefficient (Wildman–Crippen LogP) is 2.10. The minimum absolute atomic E-state index is 0.0159. The van der Waals surface area contributed by atoms with Gasteiger partial charge >= 0.3 is 6.03 Å². The summed E-state index contributed by atoms with van der Waals surface area (Å²) < 4.78 is 7.85. The van der Waals surface area contributed by atoms with E-state index in [1.54, 1.807) is 28.9 Å². The van der Waals surface area contributed by atoms with E-state index in [4.69, 9.17) is 4.74 Å². The highest BCUT2D eigenvalue weighted by Crippen LogP contribution is 2.30. The van der Waals surface area contributed by atoms with E-state index in [0.717, 1.165) is 31.1 Å². The molecule has 0 spiro atoms. The molecule has 2 amide bonds. The summed E-state index contributed by atoms with van der Waals surface area (Å²) in [6, 6.07) is 5.53. The molecule has 0 bridgehead atoms. The number of aryl methyl sites for hydroxylation is 1. The summed E-state index contributed by atoms with van der Waals surface area (Å²) in [6.45, 7) is 3.29. The summed E-state index contributed by atoms with van der Waals surface area (Å²) in [5.41, 5.74) is 0. The van der Waals surface area contributed by atoms with Gasteiger partial charge in [0.1, 0.15) is 11.9 Å². The van der Waals surface area contributed by atoms with Crippen LogP contribution in [0.1, 0.15) is 19.3 Å². The lowest BCUT2D eigenvalue weighted by Crippen LogP contribution is -2.35. The third-order valence-electron chi connectivity index (χ3n) is 4.94. The quantitative estimate of drug-likeness (QED) is 0.908. The Balaban J connectivity index is 1.37. The minimum Gasteiger partial charge on any atom is -0.485 e. The van der Waals surface area contributed by atoms with Crippen LogP contribution in [0.4, 0.5) is 16.4 Å². The van der Waals surface area contributed by atoms with E-state index in [2.05, 4.69) is 20.3 Å². The molecule has 2 fully saturated rings. The zero-order chi connectivity index (χ0) is 17.9. The number of anilines is 2. The lowest BCUT2D eigenvalue weighted by atomic mass is 10.3. The van der Waals surface area contributed by atoms with Crippen molar-refractivity contribution in [3.63, 3.8) is 0 Å². The molecule has 2 aliphatic heterocycles. The first-order valence-corrected chi connectivity index (χ1v) is 9.11. The number of hydrogen-bond donors (Lipinski definition) is 1. The molecule has 2 aliphatic rings. The SMILES string of the molecule is Cn1nccc1NC(=O)N1CCC(Oc2cccnc2N2CCCC2)C1. The molecule has 138 valence electrons. The van der Waals surface area contributed by atoms with Crippen molar-refractivity contribution in [1.29, 1.82) is 0 Å². The van der Waals surface area contributed by atoms with Gasteiger partial charge in [-0.3, -0.25) is 10.00 Å². The van der Waals surface area contributed by atoms with E-state index in [-0.39, 0.29) is 12.1 Å². The van der Waals surface area contributed by atoms with Crippen LogP contribution < -0.4 is 15.0 Å². The van der Waals surface area contributed by atoms with E-state index in [9.17, 15) is 4.79 Å². The van der Waals surface area contributed by atoms with Crippen LogP contribution in [0.2, 0.25) is 0 Å². The molecule has 8 heteroatoms. The summed E-state index contributed by atoms with van der Waals surface area (Å²) in [4.78, 5) is 21.0. The van der Waals surface area contributed by atoms with Crippen molar-refractivity contribution >= 4 is 17.7 Å². The van der Waals surface area contributed by atoms with E-state index in [1.807, 2.05) is 18.3 Å². The molecule has 4 heterocycles. The largest absolute Gasteiger partial charge is 0.485 e. The number of ether oxygens (including phenoxy) is 1. The fraction of sp³-hybridized carbons (Fsp3) is 0.500. The summed E-state index contributed by atoms with van der Waals surface area (Å²) in [6.07, 6.45) is 6.66. The molecule has 1 atom stereocenters. The van der Waals surface area contributed by atoms with E-state index in [0.29, 0.717) is 18.9 Å². The van der Waals surface area contributed by atoms with Crippen LogP contribution in [-0.4, -0.2) is 58.0 Å². The first-order valence-electron chi connectivity index (χ1n) is 9.11. The number of urea groups is 1.